The van der Waals surface area contributed by atoms with E-state index in [9.17, 15) is 0 Å². The van der Waals surface area contributed by atoms with E-state index < -0.39 is 8.07 Å². The van der Waals surface area contributed by atoms with Crippen molar-refractivity contribution in [1.82, 2.24) is 0 Å². The summed E-state index contributed by atoms with van der Waals surface area (Å²) < 4.78 is 0. The van der Waals surface area contributed by atoms with E-state index in [1.165, 1.54) is 83.3 Å². The summed E-state index contributed by atoms with van der Waals surface area (Å²) in [5.41, 5.74) is 17.5. The molecule has 0 saturated carbocycles. The maximum atomic E-state index is 2.50. The summed E-state index contributed by atoms with van der Waals surface area (Å²) in [7, 11) is -1.84. The molecule has 3 heteroatoms. The lowest BCUT2D eigenvalue weighted by Crippen LogP contribution is -2.58. The second-order valence-corrected chi connectivity index (χ2v) is 20.2. The third-order valence-corrected chi connectivity index (χ3v) is 15.5. The van der Waals surface area contributed by atoms with Gasteiger partial charge in [-0.05, 0) is 103 Å². The maximum Gasteiger partial charge on any atom is 0.117 e. The molecule has 10 rings (SSSR count). The smallest absolute Gasteiger partial charge is 0.117 e. The van der Waals surface area contributed by atoms with Crippen LogP contribution in [0.3, 0.4) is 0 Å². The van der Waals surface area contributed by atoms with Crippen LogP contribution in [-0.2, 0) is 5.41 Å². The molecule has 7 aromatic carbocycles. The van der Waals surface area contributed by atoms with Gasteiger partial charge in [0.05, 0.1) is 11.4 Å². The predicted molar refractivity (Wildman–Crippen MR) is 234 cm³/mol. The first kappa shape index (κ1) is 32.5. The summed E-state index contributed by atoms with van der Waals surface area (Å²) in [5, 5.41) is 2.99. The van der Waals surface area contributed by atoms with Crippen molar-refractivity contribution in [2.75, 3.05) is 9.80 Å². The van der Waals surface area contributed by atoms with E-state index in [1.807, 2.05) is 0 Å². The molecule has 3 aliphatic rings. The highest BCUT2D eigenvalue weighted by Crippen LogP contribution is 2.51. The van der Waals surface area contributed by atoms with Crippen molar-refractivity contribution in [1.29, 1.82) is 0 Å². The number of nitrogens with zero attached hydrogens (tertiary/aromatic N) is 2. The van der Waals surface area contributed by atoms with Crippen LogP contribution in [0.1, 0.15) is 47.2 Å². The fraction of sp³-hybridized carbons (Fsp3) is 0.0980. The SMILES string of the molecule is CC1(C)c2cc(C=Cc3ccc(N4c5ccccc5C=Cc5ccccc54)cc3)ccc2-c2ccc(N3c4ccccc4[Si](C)(C)c4ccccc43)cc21. The van der Waals surface area contributed by atoms with Crippen LogP contribution in [0.25, 0.3) is 35.4 Å². The van der Waals surface area contributed by atoms with Crippen molar-refractivity contribution < 1.29 is 0 Å². The Labute approximate surface area is 320 Å². The lowest BCUT2D eigenvalue weighted by atomic mass is 9.81. The molecule has 54 heavy (non-hydrogen) atoms. The average Bonchev–Trinajstić information content (AvgIpc) is 3.31. The Bertz CT molecular complexity index is 2580. The Balaban J connectivity index is 0.955. The fourth-order valence-corrected chi connectivity index (χ4v) is 12.1. The molecule has 0 amide bonds. The molecule has 0 bridgehead atoms. The van der Waals surface area contributed by atoms with Crippen LogP contribution in [-0.4, -0.2) is 8.07 Å². The highest BCUT2D eigenvalue weighted by molar-refractivity contribution is 7.02. The largest absolute Gasteiger partial charge is 0.311 e. The van der Waals surface area contributed by atoms with E-state index >= 15 is 0 Å². The molecule has 2 nitrogen and oxygen atoms in total. The van der Waals surface area contributed by atoms with Crippen LogP contribution in [0.2, 0.25) is 13.1 Å². The minimum absolute atomic E-state index is 0.135. The molecule has 0 radical (unpaired) electrons. The number of para-hydroxylation sites is 4. The molecule has 0 spiro atoms. The van der Waals surface area contributed by atoms with Crippen LogP contribution in [0, 0.1) is 0 Å². The van der Waals surface area contributed by atoms with E-state index in [1.54, 1.807) is 0 Å². The van der Waals surface area contributed by atoms with Crippen LogP contribution in [0.4, 0.5) is 34.1 Å². The third-order valence-electron chi connectivity index (χ3n) is 12.0. The normalized spacial score (nSPS) is 15.5. The fourth-order valence-electron chi connectivity index (χ4n) is 9.11. The molecule has 2 heterocycles. The third kappa shape index (κ3) is 4.99. The zero-order valence-electron chi connectivity index (χ0n) is 31.2. The van der Waals surface area contributed by atoms with Crippen molar-refractivity contribution in [3.63, 3.8) is 0 Å². The average molecular weight is 711 g/mol. The van der Waals surface area contributed by atoms with Crippen molar-refractivity contribution in [2.45, 2.75) is 32.4 Å². The first-order chi connectivity index (χ1) is 26.3. The Morgan fingerprint density at radius 3 is 1.50 bits per heavy atom. The predicted octanol–water partition coefficient (Wildman–Crippen LogP) is 12.7. The zero-order chi connectivity index (χ0) is 36.6. The molecule has 7 aromatic rings. The summed E-state index contributed by atoms with van der Waals surface area (Å²) in [6.07, 6.45) is 8.93. The van der Waals surface area contributed by atoms with Crippen molar-refractivity contribution in [2.24, 2.45) is 0 Å². The van der Waals surface area contributed by atoms with Gasteiger partial charge >= 0.3 is 0 Å². The minimum atomic E-state index is -1.84. The van der Waals surface area contributed by atoms with Gasteiger partial charge in [-0.3, -0.25) is 0 Å². The molecular formula is C51H42N2Si. The van der Waals surface area contributed by atoms with Crippen LogP contribution in [0.5, 0.6) is 0 Å². The summed E-state index contributed by atoms with van der Waals surface area (Å²) in [6.45, 7) is 9.74. The van der Waals surface area contributed by atoms with Crippen LogP contribution in [0.15, 0.2) is 158 Å². The number of anilines is 6. The Hall–Kier alpha value is -6.16. The zero-order valence-corrected chi connectivity index (χ0v) is 32.2. The Morgan fingerprint density at radius 1 is 0.444 bits per heavy atom. The van der Waals surface area contributed by atoms with E-state index in [-0.39, 0.29) is 5.41 Å². The van der Waals surface area contributed by atoms with Gasteiger partial charge < -0.3 is 9.80 Å². The van der Waals surface area contributed by atoms with Gasteiger partial charge in [0.15, 0.2) is 0 Å². The highest BCUT2D eigenvalue weighted by atomic mass is 28.3. The molecule has 0 fully saturated rings. The summed E-state index contributed by atoms with van der Waals surface area (Å²) in [5.74, 6) is 0. The molecule has 1 aliphatic carbocycles. The molecular weight excluding hydrogens is 669 g/mol. The van der Waals surface area contributed by atoms with Gasteiger partial charge in [-0.2, -0.15) is 0 Å². The molecule has 0 N–H and O–H groups in total. The van der Waals surface area contributed by atoms with Crippen molar-refractivity contribution >= 4 is 76.9 Å². The highest BCUT2D eigenvalue weighted by Gasteiger charge is 2.40. The number of hydrogen-bond donors (Lipinski definition) is 0. The minimum Gasteiger partial charge on any atom is -0.311 e. The first-order valence-electron chi connectivity index (χ1n) is 19.0. The molecule has 0 aromatic heterocycles. The van der Waals surface area contributed by atoms with E-state index in [4.69, 9.17) is 0 Å². The maximum absolute atomic E-state index is 2.50. The number of hydrogen-bond acceptors (Lipinski definition) is 2. The van der Waals surface area contributed by atoms with E-state index in [0.717, 1.165) is 5.69 Å². The number of benzene rings is 7. The lowest BCUT2D eigenvalue weighted by molar-refractivity contribution is 0.660. The van der Waals surface area contributed by atoms with Crippen molar-refractivity contribution in [3.05, 3.63) is 191 Å². The Kier molecular flexibility index (Phi) is 7.33. The van der Waals surface area contributed by atoms with Gasteiger partial charge in [-0.1, -0.05) is 160 Å². The molecule has 2 aliphatic heterocycles. The standard InChI is InChI=1S/C51H42N2Si/c1-51(2)43-33-36(22-21-35-23-28-39(29-24-35)52-45-15-7-5-13-37(45)26-27-38-14-6-8-16-46(38)52)25-31-41(43)42-32-30-40(34-44(42)51)53-47-17-9-11-19-49(47)54(3,4)50-20-12-10-18-48(50)53/h5-34H,1-4H3. The van der Waals surface area contributed by atoms with Gasteiger partial charge in [-0.15, -0.1) is 0 Å². The number of fused-ring (bicyclic) bond motifs is 7. The Morgan fingerprint density at radius 2 is 0.889 bits per heavy atom. The monoisotopic (exact) mass is 710 g/mol. The molecule has 0 unspecified atom stereocenters. The molecule has 0 saturated heterocycles. The topological polar surface area (TPSA) is 6.48 Å². The lowest BCUT2D eigenvalue weighted by Gasteiger charge is -2.41. The summed E-state index contributed by atoms with van der Waals surface area (Å²) >= 11 is 0. The second-order valence-electron chi connectivity index (χ2n) is 15.9. The van der Waals surface area contributed by atoms with Crippen LogP contribution < -0.4 is 20.2 Å². The van der Waals surface area contributed by atoms with Gasteiger partial charge in [0, 0.05) is 28.2 Å². The number of rotatable bonds is 4. The quantitative estimate of drug-likeness (QED) is 0.133. The van der Waals surface area contributed by atoms with Crippen LogP contribution >= 0.6 is 0 Å². The van der Waals surface area contributed by atoms with Gasteiger partial charge in [0.25, 0.3) is 0 Å². The van der Waals surface area contributed by atoms with Gasteiger partial charge in [0.2, 0.25) is 0 Å². The summed E-state index contributed by atoms with van der Waals surface area (Å²) in [6, 6.07) is 58.4. The molecule has 260 valence electrons. The van der Waals surface area contributed by atoms with E-state index in [0.29, 0.717) is 0 Å². The van der Waals surface area contributed by atoms with Gasteiger partial charge in [0.1, 0.15) is 8.07 Å². The van der Waals surface area contributed by atoms with Crippen molar-refractivity contribution in [3.8, 4) is 11.1 Å². The second kappa shape index (κ2) is 12.2. The first-order valence-corrected chi connectivity index (χ1v) is 22.0. The summed E-state index contributed by atoms with van der Waals surface area (Å²) in [4.78, 5) is 4.87. The van der Waals surface area contributed by atoms with Gasteiger partial charge in [-0.25, -0.2) is 0 Å². The van der Waals surface area contributed by atoms with E-state index in [2.05, 4.69) is 219 Å². The molecule has 0 atom stereocenters.